The van der Waals surface area contributed by atoms with Gasteiger partial charge in [-0.05, 0) is 43.7 Å². The SMILES string of the molecule is Cc1cccc(CCN2C[C@H]3CC[C@@H](C2)C3N)n1. The molecule has 0 amide bonds. The van der Waals surface area contributed by atoms with E-state index in [-0.39, 0.29) is 0 Å². The largest absolute Gasteiger partial charge is 0.327 e. The van der Waals surface area contributed by atoms with E-state index in [1.165, 1.54) is 31.6 Å². The van der Waals surface area contributed by atoms with Gasteiger partial charge in [-0.2, -0.15) is 0 Å². The lowest BCUT2D eigenvalue weighted by molar-refractivity contribution is 0.148. The van der Waals surface area contributed by atoms with E-state index in [1.807, 2.05) is 0 Å². The molecule has 0 spiro atoms. The van der Waals surface area contributed by atoms with Crippen molar-refractivity contribution in [3.05, 3.63) is 29.6 Å². The Labute approximate surface area is 109 Å². The summed E-state index contributed by atoms with van der Waals surface area (Å²) in [7, 11) is 0. The highest BCUT2D eigenvalue weighted by atomic mass is 15.2. The number of nitrogens with two attached hydrogens (primary N) is 1. The van der Waals surface area contributed by atoms with E-state index >= 15 is 0 Å². The molecular weight excluding hydrogens is 222 g/mol. The smallest absolute Gasteiger partial charge is 0.0419 e. The molecule has 1 aromatic heterocycles. The van der Waals surface area contributed by atoms with Gasteiger partial charge in [0.25, 0.3) is 0 Å². The highest BCUT2D eigenvalue weighted by Gasteiger charge is 2.39. The molecule has 1 unspecified atom stereocenters. The lowest BCUT2D eigenvalue weighted by atomic mass is 9.93. The molecule has 0 aromatic carbocycles. The Bertz CT molecular complexity index is 404. The number of aryl methyl sites for hydroxylation is 1. The molecule has 2 N–H and O–H groups in total. The summed E-state index contributed by atoms with van der Waals surface area (Å²) in [6, 6.07) is 6.77. The molecular formula is C15H23N3. The van der Waals surface area contributed by atoms with E-state index in [4.69, 9.17) is 5.73 Å². The van der Waals surface area contributed by atoms with Crippen LogP contribution in [0.2, 0.25) is 0 Å². The number of piperidine rings is 1. The van der Waals surface area contributed by atoms with Crippen LogP contribution in [-0.2, 0) is 6.42 Å². The van der Waals surface area contributed by atoms with E-state index < -0.39 is 0 Å². The Balaban J connectivity index is 1.55. The Hall–Kier alpha value is -0.930. The molecule has 1 saturated carbocycles. The third-order valence-corrected chi connectivity index (χ3v) is 4.61. The van der Waals surface area contributed by atoms with Gasteiger partial charge in [-0.3, -0.25) is 4.98 Å². The third kappa shape index (κ3) is 2.43. The molecule has 2 heterocycles. The van der Waals surface area contributed by atoms with Crippen LogP contribution in [0.15, 0.2) is 18.2 Å². The molecule has 2 aliphatic rings. The Morgan fingerprint density at radius 2 is 2.00 bits per heavy atom. The standard InChI is InChI=1S/C15H23N3/c1-11-3-2-4-14(17-11)7-8-18-9-12-5-6-13(10-18)15(12)16/h2-4,12-13,15H,5-10,16H2,1H3/t12-,13+,15?. The van der Waals surface area contributed by atoms with Gasteiger partial charge in [0.15, 0.2) is 0 Å². The summed E-state index contributed by atoms with van der Waals surface area (Å²) < 4.78 is 0. The van der Waals surface area contributed by atoms with Gasteiger partial charge in [0.2, 0.25) is 0 Å². The maximum Gasteiger partial charge on any atom is 0.0419 e. The Morgan fingerprint density at radius 3 is 2.67 bits per heavy atom. The van der Waals surface area contributed by atoms with Gasteiger partial charge in [0.1, 0.15) is 0 Å². The minimum atomic E-state index is 0.471. The van der Waals surface area contributed by atoms with Crippen LogP contribution in [-0.4, -0.2) is 35.6 Å². The van der Waals surface area contributed by atoms with Crippen molar-refractivity contribution >= 4 is 0 Å². The predicted octanol–water partition coefficient (Wildman–Crippen LogP) is 1.60. The molecule has 98 valence electrons. The molecule has 3 rings (SSSR count). The average molecular weight is 245 g/mol. The topological polar surface area (TPSA) is 42.1 Å². The fraction of sp³-hybridized carbons (Fsp3) is 0.667. The summed E-state index contributed by atoms with van der Waals surface area (Å²) in [6.07, 6.45) is 3.74. The second kappa shape index (κ2) is 4.98. The molecule has 3 atom stereocenters. The van der Waals surface area contributed by atoms with E-state index in [0.717, 1.165) is 30.5 Å². The summed E-state index contributed by atoms with van der Waals surface area (Å²) in [5, 5.41) is 0. The normalized spacial score (nSPS) is 31.8. The van der Waals surface area contributed by atoms with E-state index in [2.05, 4.69) is 35.0 Å². The van der Waals surface area contributed by atoms with Crippen LogP contribution in [0.1, 0.15) is 24.2 Å². The van der Waals surface area contributed by atoms with Crippen molar-refractivity contribution in [2.45, 2.75) is 32.2 Å². The van der Waals surface area contributed by atoms with Crippen LogP contribution in [0.25, 0.3) is 0 Å². The van der Waals surface area contributed by atoms with Crippen molar-refractivity contribution in [2.24, 2.45) is 17.6 Å². The Morgan fingerprint density at radius 1 is 1.28 bits per heavy atom. The lowest BCUT2D eigenvalue weighted by Crippen LogP contribution is -2.49. The summed E-state index contributed by atoms with van der Waals surface area (Å²) >= 11 is 0. The zero-order valence-corrected chi connectivity index (χ0v) is 11.2. The predicted molar refractivity (Wildman–Crippen MR) is 73.3 cm³/mol. The van der Waals surface area contributed by atoms with Crippen molar-refractivity contribution in [2.75, 3.05) is 19.6 Å². The monoisotopic (exact) mass is 245 g/mol. The number of likely N-dealkylation sites (tertiary alicyclic amines) is 1. The number of fused-ring (bicyclic) bond motifs is 2. The minimum absolute atomic E-state index is 0.471. The molecule has 2 fully saturated rings. The first kappa shape index (κ1) is 12.1. The highest BCUT2D eigenvalue weighted by Crippen LogP contribution is 2.35. The van der Waals surface area contributed by atoms with Gasteiger partial charge in [-0.25, -0.2) is 0 Å². The second-order valence-electron chi connectivity index (χ2n) is 5.95. The molecule has 1 aliphatic heterocycles. The van der Waals surface area contributed by atoms with Crippen molar-refractivity contribution in [1.29, 1.82) is 0 Å². The number of hydrogen-bond acceptors (Lipinski definition) is 3. The average Bonchev–Trinajstić information content (AvgIpc) is 2.60. The van der Waals surface area contributed by atoms with Gasteiger partial charge in [0, 0.05) is 43.5 Å². The van der Waals surface area contributed by atoms with Crippen molar-refractivity contribution in [3.8, 4) is 0 Å². The first-order valence-electron chi connectivity index (χ1n) is 7.13. The summed E-state index contributed by atoms with van der Waals surface area (Å²) in [5.41, 5.74) is 8.57. The van der Waals surface area contributed by atoms with Crippen molar-refractivity contribution < 1.29 is 0 Å². The fourth-order valence-corrected chi connectivity index (χ4v) is 3.56. The summed E-state index contributed by atoms with van der Waals surface area (Å²) in [4.78, 5) is 7.17. The van der Waals surface area contributed by atoms with Gasteiger partial charge >= 0.3 is 0 Å². The van der Waals surface area contributed by atoms with Gasteiger partial charge in [-0.1, -0.05) is 6.07 Å². The molecule has 1 saturated heterocycles. The van der Waals surface area contributed by atoms with Crippen molar-refractivity contribution in [3.63, 3.8) is 0 Å². The van der Waals surface area contributed by atoms with Crippen LogP contribution < -0.4 is 5.73 Å². The van der Waals surface area contributed by atoms with Crippen LogP contribution >= 0.6 is 0 Å². The number of hydrogen-bond donors (Lipinski definition) is 1. The molecule has 1 aromatic rings. The van der Waals surface area contributed by atoms with Crippen molar-refractivity contribution in [1.82, 2.24) is 9.88 Å². The van der Waals surface area contributed by atoms with Crippen LogP contribution in [0.5, 0.6) is 0 Å². The number of nitrogens with zero attached hydrogens (tertiary/aromatic N) is 2. The van der Waals surface area contributed by atoms with E-state index in [0.29, 0.717) is 6.04 Å². The molecule has 3 nitrogen and oxygen atoms in total. The zero-order valence-electron chi connectivity index (χ0n) is 11.2. The van der Waals surface area contributed by atoms with E-state index in [9.17, 15) is 0 Å². The van der Waals surface area contributed by atoms with Gasteiger partial charge < -0.3 is 10.6 Å². The molecule has 2 bridgehead atoms. The molecule has 0 radical (unpaired) electrons. The quantitative estimate of drug-likeness (QED) is 0.879. The summed E-state index contributed by atoms with van der Waals surface area (Å²) in [6.45, 7) is 5.59. The fourth-order valence-electron chi connectivity index (χ4n) is 3.56. The number of aromatic nitrogens is 1. The first-order valence-corrected chi connectivity index (χ1v) is 7.13. The maximum atomic E-state index is 6.23. The first-order chi connectivity index (χ1) is 8.72. The van der Waals surface area contributed by atoms with E-state index in [1.54, 1.807) is 0 Å². The lowest BCUT2D eigenvalue weighted by Gasteiger charge is -2.36. The second-order valence-corrected chi connectivity index (χ2v) is 5.95. The van der Waals surface area contributed by atoms with Crippen LogP contribution in [0.3, 0.4) is 0 Å². The molecule has 1 aliphatic carbocycles. The van der Waals surface area contributed by atoms with Crippen LogP contribution in [0.4, 0.5) is 0 Å². The van der Waals surface area contributed by atoms with Gasteiger partial charge in [-0.15, -0.1) is 0 Å². The van der Waals surface area contributed by atoms with Crippen LogP contribution in [0, 0.1) is 18.8 Å². The maximum absolute atomic E-state index is 6.23. The Kier molecular flexibility index (Phi) is 3.35. The number of pyridine rings is 1. The molecule has 3 heteroatoms. The highest BCUT2D eigenvalue weighted by molar-refractivity contribution is 5.10. The zero-order chi connectivity index (χ0) is 12.5. The minimum Gasteiger partial charge on any atom is -0.327 e. The van der Waals surface area contributed by atoms with Gasteiger partial charge in [0.05, 0.1) is 0 Å². The third-order valence-electron chi connectivity index (χ3n) is 4.61. The number of rotatable bonds is 3. The molecule has 18 heavy (non-hydrogen) atoms. The summed E-state index contributed by atoms with van der Waals surface area (Å²) in [5.74, 6) is 1.49.